The molecule has 206 valence electrons. The van der Waals surface area contributed by atoms with E-state index in [4.69, 9.17) is 23.7 Å². The van der Waals surface area contributed by atoms with Crippen molar-refractivity contribution in [3.8, 4) is 0 Å². The number of hydrogen-bond donors (Lipinski definition) is 1. The molecule has 10 heteroatoms. The van der Waals surface area contributed by atoms with Gasteiger partial charge in [0.2, 0.25) is 0 Å². The van der Waals surface area contributed by atoms with E-state index in [2.05, 4.69) is 0 Å². The number of carbonyl (C=O) groups excluding carboxylic acids is 4. The van der Waals surface area contributed by atoms with Crippen LogP contribution in [-0.4, -0.2) is 71.2 Å². The lowest BCUT2D eigenvalue weighted by atomic mass is 9.52. The molecule has 9 atom stereocenters. The molecule has 0 amide bonds. The first kappa shape index (κ1) is 27.6. The predicted octanol–water partition coefficient (Wildman–Crippen LogP) is 2.39. The lowest BCUT2D eigenvalue weighted by molar-refractivity contribution is -0.242. The van der Waals surface area contributed by atoms with E-state index < -0.39 is 76.7 Å². The molecule has 0 bridgehead atoms. The predicted molar refractivity (Wildman–Crippen MR) is 128 cm³/mol. The number of allylic oxidation sites excluding steroid dienone is 1. The molecule has 1 N–H and O–H groups in total. The van der Waals surface area contributed by atoms with Crippen molar-refractivity contribution in [1.29, 1.82) is 0 Å². The minimum atomic E-state index is -1.94. The summed E-state index contributed by atoms with van der Waals surface area (Å²) >= 11 is 0. The van der Waals surface area contributed by atoms with Crippen LogP contribution in [-0.2, 0) is 42.9 Å². The minimum Gasteiger partial charge on any atom is -0.462 e. The number of aliphatic hydroxyl groups is 1. The van der Waals surface area contributed by atoms with Gasteiger partial charge in [0.15, 0.2) is 11.7 Å². The van der Waals surface area contributed by atoms with Gasteiger partial charge in [0.05, 0.1) is 23.5 Å². The van der Waals surface area contributed by atoms with Crippen molar-refractivity contribution >= 4 is 23.9 Å². The quantitative estimate of drug-likeness (QED) is 0.253. The van der Waals surface area contributed by atoms with Crippen LogP contribution in [0.25, 0.3) is 0 Å². The summed E-state index contributed by atoms with van der Waals surface area (Å²) in [4.78, 5) is 50.3. The molecule has 37 heavy (non-hydrogen) atoms. The molecule has 3 fully saturated rings. The van der Waals surface area contributed by atoms with Crippen LogP contribution in [0.3, 0.4) is 0 Å². The van der Waals surface area contributed by atoms with Crippen LogP contribution in [0.5, 0.6) is 0 Å². The Hall–Kier alpha value is -2.46. The molecule has 2 aliphatic heterocycles. The Morgan fingerprint density at radius 3 is 2.30 bits per heavy atom. The number of esters is 4. The summed E-state index contributed by atoms with van der Waals surface area (Å²) in [5.41, 5.74) is -3.09. The highest BCUT2D eigenvalue weighted by Crippen LogP contribution is 2.62. The number of hydrogen-bond acceptors (Lipinski definition) is 10. The molecule has 0 aromatic rings. The molecule has 0 aromatic carbocycles. The van der Waals surface area contributed by atoms with Crippen molar-refractivity contribution in [2.75, 3.05) is 6.61 Å². The van der Waals surface area contributed by atoms with Crippen molar-refractivity contribution in [2.45, 2.75) is 109 Å². The zero-order valence-electron chi connectivity index (χ0n) is 22.4. The Morgan fingerprint density at radius 1 is 1.11 bits per heavy atom. The smallest absolute Gasteiger partial charge is 0.312 e. The number of ether oxygens (including phenoxy) is 5. The van der Waals surface area contributed by atoms with Gasteiger partial charge >= 0.3 is 23.9 Å². The average molecular weight is 523 g/mol. The first-order chi connectivity index (χ1) is 17.3. The second-order valence-corrected chi connectivity index (χ2v) is 11.2. The second kappa shape index (κ2) is 9.69. The van der Waals surface area contributed by atoms with Gasteiger partial charge < -0.3 is 28.8 Å². The van der Waals surface area contributed by atoms with Gasteiger partial charge in [-0.2, -0.15) is 0 Å². The summed E-state index contributed by atoms with van der Waals surface area (Å²) in [5, 5.41) is 12.4. The Morgan fingerprint density at radius 2 is 1.73 bits per heavy atom. The van der Waals surface area contributed by atoms with Crippen LogP contribution in [0, 0.1) is 17.3 Å². The summed E-state index contributed by atoms with van der Waals surface area (Å²) in [6.45, 7) is 9.81. The summed E-state index contributed by atoms with van der Waals surface area (Å²) in [6.07, 6.45) is -0.246. The fraction of sp³-hybridized carbons (Fsp3) is 0.778. The van der Waals surface area contributed by atoms with Crippen LogP contribution in [0.4, 0.5) is 0 Å². The Kier molecular flexibility index (Phi) is 7.22. The normalized spacial score (nSPS) is 44.4. The third-order valence-corrected chi connectivity index (χ3v) is 8.87. The first-order valence-corrected chi connectivity index (χ1v) is 13.1. The maximum atomic E-state index is 12.8. The summed E-state index contributed by atoms with van der Waals surface area (Å²) < 4.78 is 29.5. The molecule has 0 unspecified atom stereocenters. The third-order valence-electron chi connectivity index (χ3n) is 8.87. The maximum absolute atomic E-state index is 12.8. The SMILES string of the molecule is CCC(=O)O[C@H]1CC/C(C)=C\[C@@H]2OC(=O)[C@H](C)[C@@]2(O)[C@H](OC(C)=O)[C@H]2[C@]3(CC[C@H](OC(C)=O)[C@]12C)CO3. The molecule has 10 nitrogen and oxygen atoms in total. The van der Waals surface area contributed by atoms with Crippen LogP contribution in [0.2, 0.25) is 0 Å². The molecular weight excluding hydrogens is 484 g/mol. The van der Waals surface area contributed by atoms with Crippen LogP contribution < -0.4 is 0 Å². The molecule has 2 aliphatic carbocycles. The van der Waals surface area contributed by atoms with E-state index in [1.54, 1.807) is 19.9 Å². The van der Waals surface area contributed by atoms with E-state index in [0.717, 1.165) is 5.57 Å². The summed E-state index contributed by atoms with van der Waals surface area (Å²) in [7, 11) is 0. The van der Waals surface area contributed by atoms with Crippen LogP contribution >= 0.6 is 0 Å². The molecule has 4 aliphatic rings. The van der Waals surface area contributed by atoms with Gasteiger partial charge in [0.25, 0.3) is 0 Å². The fourth-order valence-electron chi connectivity index (χ4n) is 6.80. The van der Waals surface area contributed by atoms with E-state index in [1.165, 1.54) is 13.8 Å². The van der Waals surface area contributed by atoms with E-state index in [0.29, 0.717) is 32.3 Å². The standard InChI is InChI=1S/C27H38O10/c1-7-21(30)36-18-9-8-14(2)12-20-27(32,15(3)24(31)37-20)23(35-17(5)29)22-25(18,6)19(34-16(4)28)10-11-26(22)13-33-26/h12,15,18-20,22-23,32H,7-11,13H2,1-6H3/b14-12-/t15-,18-,19-,20-,22+,23+,25-,26-,27-/m0/s1. The molecule has 2 saturated heterocycles. The highest BCUT2D eigenvalue weighted by Gasteiger charge is 2.74. The van der Waals surface area contributed by atoms with E-state index >= 15 is 0 Å². The number of fused-ring (bicyclic) bond motifs is 3. The van der Waals surface area contributed by atoms with E-state index in [-0.39, 0.29) is 6.42 Å². The monoisotopic (exact) mass is 522 g/mol. The molecule has 0 radical (unpaired) electrons. The van der Waals surface area contributed by atoms with Gasteiger partial charge in [-0.05, 0) is 45.6 Å². The fourth-order valence-corrected chi connectivity index (χ4v) is 6.80. The largest absolute Gasteiger partial charge is 0.462 e. The molecule has 1 saturated carbocycles. The molecule has 2 heterocycles. The summed E-state index contributed by atoms with van der Waals surface area (Å²) in [5.74, 6) is -4.00. The number of rotatable bonds is 4. The zero-order chi connectivity index (χ0) is 27.3. The van der Waals surface area contributed by atoms with Crippen molar-refractivity contribution in [2.24, 2.45) is 17.3 Å². The van der Waals surface area contributed by atoms with Gasteiger partial charge in [0.1, 0.15) is 18.3 Å². The molecule has 0 aromatic heterocycles. The van der Waals surface area contributed by atoms with E-state index in [9.17, 15) is 24.3 Å². The van der Waals surface area contributed by atoms with Crippen molar-refractivity contribution in [3.05, 3.63) is 11.6 Å². The Bertz CT molecular complexity index is 999. The highest BCUT2D eigenvalue weighted by atomic mass is 16.6. The van der Waals surface area contributed by atoms with Gasteiger partial charge in [-0.3, -0.25) is 19.2 Å². The van der Waals surface area contributed by atoms with Crippen molar-refractivity contribution in [1.82, 2.24) is 0 Å². The lowest BCUT2D eigenvalue weighted by Gasteiger charge is -2.56. The Balaban J connectivity index is 1.99. The number of epoxide rings is 1. The van der Waals surface area contributed by atoms with Gasteiger partial charge in [-0.15, -0.1) is 0 Å². The summed E-state index contributed by atoms with van der Waals surface area (Å²) in [6, 6.07) is 0. The van der Waals surface area contributed by atoms with Crippen molar-refractivity contribution < 1.29 is 48.0 Å². The number of carbonyl (C=O) groups is 4. The third kappa shape index (κ3) is 4.56. The van der Waals surface area contributed by atoms with E-state index in [1.807, 2.05) is 13.8 Å². The van der Waals surface area contributed by atoms with Crippen LogP contribution in [0.15, 0.2) is 11.6 Å². The topological polar surface area (TPSA) is 138 Å². The zero-order valence-corrected chi connectivity index (χ0v) is 22.4. The Labute approximate surface area is 217 Å². The molecule has 1 spiro atoms. The average Bonchev–Trinajstić information content (AvgIpc) is 3.55. The highest BCUT2D eigenvalue weighted by molar-refractivity contribution is 5.77. The molecular formula is C27H38O10. The molecule has 4 rings (SSSR count). The minimum absolute atomic E-state index is 0.144. The lowest BCUT2D eigenvalue weighted by Crippen LogP contribution is -2.69. The van der Waals surface area contributed by atoms with Gasteiger partial charge in [-0.25, -0.2) is 0 Å². The van der Waals surface area contributed by atoms with Gasteiger partial charge in [0, 0.05) is 26.2 Å². The van der Waals surface area contributed by atoms with Gasteiger partial charge in [-0.1, -0.05) is 19.4 Å². The van der Waals surface area contributed by atoms with Crippen molar-refractivity contribution in [3.63, 3.8) is 0 Å². The van der Waals surface area contributed by atoms with Crippen LogP contribution in [0.1, 0.15) is 73.6 Å². The second-order valence-electron chi connectivity index (χ2n) is 11.2. The first-order valence-electron chi connectivity index (χ1n) is 13.1. The maximum Gasteiger partial charge on any atom is 0.312 e.